The van der Waals surface area contributed by atoms with E-state index in [2.05, 4.69) is 4.74 Å². The Morgan fingerprint density at radius 2 is 1.76 bits per heavy atom. The van der Waals surface area contributed by atoms with Crippen LogP contribution in [-0.2, 0) is 24.8 Å². The van der Waals surface area contributed by atoms with Gasteiger partial charge < -0.3 is 28.5 Å². The molecule has 1 aliphatic heterocycles. The van der Waals surface area contributed by atoms with Gasteiger partial charge in [-0.3, -0.25) is 4.79 Å². The number of carbonyl (C=O) groups excluding carboxylic acids is 2. The van der Waals surface area contributed by atoms with Gasteiger partial charge in [0.25, 0.3) is 0 Å². The third-order valence-electron chi connectivity index (χ3n) is 4.92. The molecule has 33 heavy (non-hydrogen) atoms. The Morgan fingerprint density at radius 3 is 2.45 bits per heavy atom. The molecule has 11 heteroatoms. The summed E-state index contributed by atoms with van der Waals surface area (Å²) in [5.74, 6) is -4.29. The van der Waals surface area contributed by atoms with Gasteiger partial charge in [0.1, 0.15) is 34.6 Å². The van der Waals surface area contributed by atoms with Crippen LogP contribution >= 0.6 is 23.2 Å². The third kappa shape index (κ3) is 4.40. The number of hydrogen-bond donors (Lipinski definition) is 1. The minimum absolute atomic E-state index is 0.0358. The van der Waals surface area contributed by atoms with Crippen LogP contribution in [0.15, 0.2) is 45.6 Å². The Bertz CT molecular complexity index is 1310. The summed E-state index contributed by atoms with van der Waals surface area (Å²) in [6, 6.07) is 8.33. The lowest BCUT2D eigenvalue weighted by atomic mass is 10.0. The molecule has 0 unspecified atom stereocenters. The van der Waals surface area contributed by atoms with Crippen LogP contribution in [0.5, 0.6) is 11.5 Å². The number of benzene rings is 2. The van der Waals surface area contributed by atoms with E-state index in [-0.39, 0.29) is 45.5 Å². The molecule has 1 aromatic heterocycles. The average molecular weight is 495 g/mol. The second-order valence-corrected chi connectivity index (χ2v) is 7.86. The number of fused-ring (bicyclic) bond motifs is 1. The number of halogens is 2. The lowest BCUT2D eigenvalue weighted by Crippen LogP contribution is -2.36. The van der Waals surface area contributed by atoms with Gasteiger partial charge in [-0.1, -0.05) is 23.2 Å². The van der Waals surface area contributed by atoms with Gasteiger partial charge in [0, 0.05) is 10.0 Å². The number of aromatic hydroxyl groups is 1. The minimum atomic E-state index is -1.98. The van der Waals surface area contributed by atoms with Gasteiger partial charge in [0.15, 0.2) is 0 Å². The molecule has 1 aliphatic rings. The molecule has 1 fully saturated rings. The predicted molar refractivity (Wildman–Crippen MR) is 116 cm³/mol. The Labute approximate surface area is 196 Å². The summed E-state index contributed by atoms with van der Waals surface area (Å²) in [6.45, 7) is 0.0716. The van der Waals surface area contributed by atoms with Crippen LogP contribution in [0.25, 0.3) is 11.0 Å². The summed E-state index contributed by atoms with van der Waals surface area (Å²) < 4.78 is 26.5. The normalized spacial score (nSPS) is 14.9. The monoisotopic (exact) mass is 494 g/mol. The van der Waals surface area contributed by atoms with Crippen molar-refractivity contribution in [3.05, 3.63) is 68.0 Å². The third-order valence-corrected chi connectivity index (χ3v) is 5.39. The average Bonchev–Trinajstić information content (AvgIpc) is 3.23. The van der Waals surface area contributed by atoms with Crippen LogP contribution in [0.2, 0.25) is 10.0 Å². The van der Waals surface area contributed by atoms with Gasteiger partial charge in [-0.15, -0.1) is 0 Å². The molecule has 1 N–H and O–H groups in total. The van der Waals surface area contributed by atoms with Crippen molar-refractivity contribution in [2.45, 2.75) is 12.2 Å². The van der Waals surface area contributed by atoms with Crippen LogP contribution in [0.3, 0.4) is 0 Å². The first-order chi connectivity index (χ1) is 15.7. The number of methoxy groups -OCH3 is 1. The number of carbonyl (C=O) groups is 2. The number of hydrogen-bond acceptors (Lipinski definition) is 9. The van der Waals surface area contributed by atoms with Crippen molar-refractivity contribution in [3.63, 3.8) is 0 Å². The van der Waals surface area contributed by atoms with Gasteiger partial charge in [-0.25, -0.2) is 9.59 Å². The fourth-order valence-corrected chi connectivity index (χ4v) is 3.84. The Kier molecular flexibility index (Phi) is 6.31. The van der Waals surface area contributed by atoms with Gasteiger partial charge >= 0.3 is 17.6 Å². The van der Waals surface area contributed by atoms with Crippen molar-refractivity contribution in [2.24, 2.45) is 0 Å². The smallest absolute Gasteiger partial charge is 0.348 e. The van der Waals surface area contributed by atoms with Crippen molar-refractivity contribution < 1.29 is 38.1 Å². The van der Waals surface area contributed by atoms with E-state index in [4.69, 9.17) is 41.8 Å². The highest BCUT2D eigenvalue weighted by atomic mass is 35.5. The van der Waals surface area contributed by atoms with Crippen molar-refractivity contribution >= 4 is 46.1 Å². The molecule has 2 heterocycles. The highest BCUT2D eigenvalue weighted by Crippen LogP contribution is 2.41. The van der Waals surface area contributed by atoms with Gasteiger partial charge in [-0.05, 0) is 36.4 Å². The number of esters is 2. The second-order valence-electron chi connectivity index (χ2n) is 6.99. The van der Waals surface area contributed by atoms with E-state index in [0.717, 1.165) is 7.11 Å². The fraction of sp³-hybridized carbons (Fsp3) is 0.227. The number of ether oxygens (including phenoxy) is 4. The highest BCUT2D eigenvalue weighted by molar-refractivity contribution is 6.31. The maximum absolute atomic E-state index is 12.8. The summed E-state index contributed by atoms with van der Waals surface area (Å²) in [7, 11) is 1.16. The molecule has 2 aromatic carbocycles. The molecule has 0 amide bonds. The standard InChI is InChI=1S/C22H16Cl2O9/c1-29-20(27)14-9-12(24)3-5-16(14)32-17(25)10-22(30-6-7-31-22)18-19(26)13-8-11(23)2-4-15(13)33-21(18)28/h2-5,8-9,26H,6-7,10H2,1H3. The van der Waals surface area contributed by atoms with Crippen LogP contribution in [0.4, 0.5) is 0 Å². The summed E-state index contributed by atoms with van der Waals surface area (Å²) >= 11 is 11.9. The van der Waals surface area contributed by atoms with Crippen molar-refractivity contribution in [1.29, 1.82) is 0 Å². The van der Waals surface area contributed by atoms with E-state index in [1.165, 1.54) is 36.4 Å². The lowest BCUT2D eigenvalue weighted by Gasteiger charge is -2.26. The first kappa shape index (κ1) is 23.1. The molecule has 1 saturated heterocycles. The largest absolute Gasteiger partial charge is 0.506 e. The van der Waals surface area contributed by atoms with E-state index in [1.54, 1.807) is 0 Å². The topological polar surface area (TPSA) is 122 Å². The summed E-state index contributed by atoms with van der Waals surface area (Å²) in [5, 5.41) is 11.5. The van der Waals surface area contributed by atoms with E-state index in [0.29, 0.717) is 0 Å². The zero-order valence-electron chi connectivity index (χ0n) is 17.1. The maximum Gasteiger partial charge on any atom is 0.348 e. The van der Waals surface area contributed by atoms with Crippen molar-refractivity contribution in [1.82, 2.24) is 0 Å². The van der Waals surface area contributed by atoms with Crippen LogP contribution in [-0.4, -0.2) is 37.4 Å². The van der Waals surface area contributed by atoms with Gasteiger partial charge in [-0.2, -0.15) is 0 Å². The minimum Gasteiger partial charge on any atom is -0.506 e. The quantitative estimate of drug-likeness (QED) is 0.320. The molecule has 172 valence electrons. The van der Waals surface area contributed by atoms with E-state index >= 15 is 0 Å². The summed E-state index contributed by atoms with van der Waals surface area (Å²) in [4.78, 5) is 37.6. The molecule has 0 radical (unpaired) electrons. The molecule has 0 saturated carbocycles. The number of rotatable bonds is 5. The van der Waals surface area contributed by atoms with Crippen molar-refractivity contribution in [3.8, 4) is 11.5 Å². The molecule has 0 spiro atoms. The zero-order chi connectivity index (χ0) is 23.8. The molecule has 4 rings (SSSR count). The Hall–Kier alpha value is -3.11. The SMILES string of the molecule is COC(=O)c1cc(Cl)ccc1OC(=O)CC1(c2c(O)c3cc(Cl)ccc3oc2=O)OCCO1. The lowest BCUT2D eigenvalue weighted by molar-refractivity contribution is -0.185. The van der Waals surface area contributed by atoms with E-state index in [1.807, 2.05) is 0 Å². The van der Waals surface area contributed by atoms with Gasteiger partial charge in [0.05, 0.1) is 25.7 Å². The summed E-state index contributed by atoms with van der Waals surface area (Å²) in [6.07, 6.45) is -0.638. The van der Waals surface area contributed by atoms with E-state index in [9.17, 15) is 19.5 Å². The van der Waals surface area contributed by atoms with Gasteiger partial charge in [0.2, 0.25) is 5.79 Å². The Morgan fingerprint density at radius 1 is 1.09 bits per heavy atom. The predicted octanol–water partition coefficient (Wildman–Crippen LogP) is 3.79. The highest BCUT2D eigenvalue weighted by Gasteiger charge is 2.47. The molecular formula is C22H16Cl2O9. The zero-order valence-corrected chi connectivity index (χ0v) is 18.6. The first-order valence-corrected chi connectivity index (χ1v) is 10.3. The molecule has 9 nitrogen and oxygen atoms in total. The molecule has 0 bridgehead atoms. The maximum atomic E-state index is 12.8. The molecule has 0 atom stereocenters. The molecule has 3 aromatic rings. The van der Waals surface area contributed by atoms with Crippen LogP contribution in [0, 0.1) is 0 Å². The Balaban J connectivity index is 1.72. The van der Waals surface area contributed by atoms with E-state index < -0.39 is 41.1 Å². The molecule has 0 aliphatic carbocycles. The first-order valence-electron chi connectivity index (χ1n) is 9.56. The fourth-order valence-electron chi connectivity index (χ4n) is 3.49. The van der Waals surface area contributed by atoms with Crippen LogP contribution < -0.4 is 10.4 Å². The van der Waals surface area contributed by atoms with Crippen molar-refractivity contribution in [2.75, 3.05) is 20.3 Å². The second kappa shape index (κ2) is 9.03. The van der Waals surface area contributed by atoms with Crippen LogP contribution in [0.1, 0.15) is 22.3 Å². The summed E-state index contributed by atoms with van der Waals surface area (Å²) in [5.41, 5.74) is -1.36. The molecular weight excluding hydrogens is 479 g/mol.